The number of carbonyl (C=O) groups excluding carboxylic acids is 3. The van der Waals surface area contributed by atoms with Crippen molar-refractivity contribution in [3.05, 3.63) is 129 Å². The average Bonchev–Trinajstić information content (AvgIpc) is 0.824. The van der Waals surface area contributed by atoms with Gasteiger partial charge in [-0.05, 0) is 133 Å². The van der Waals surface area contributed by atoms with E-state index < -0.39 is 23.9 Å². The third-order valence-electron chi connectivity index (χ3n) is 17.1. The first-order chi connectivity index (χ1) is 47.1. The highest BCUT2D eigenvalue weighted by molar-refractivity contribution is 5.90. The summed E-state index contributed by atoms with van der Waals surface area (Å²) in [5.74, 6) is -2.25. The highest BCUT2D eigenvalue weighted by Crippen LogP contribution is 2.40. The SMILES string of the molecule is COc1cc(OCC(=O)CCC[N+](C)(C)C)cc(C)c1-c1cc(CN2CCN(Cc3cc(-c4c(C)cc(OCC(=O)NCC[N+](C)(C)C)cc4C)cc(C(=O)O)n3)CC(CN)N(Cc3cc(-c4c(C)cc(OCC(=O)NCC[N+](C)(C)C)cc4OC)cc(C(=O)O)n3)CC2)nc(C(=O)O)c1. The molecular formula is C74H103N12O14+3. The Labute approximate surface area is 587 Å². The van der Waals surface area contributed by atoms with Gasteiger partial charge in [-0.3, -0.25) is 29.1 Å². The number of quaternary nitrogens is 3. The van der Waals surface area contributed by atoms with Crippen LogP contribution in [0.25, 0.3) is 33.4 Å². The molecule has 100 heavy (non-hydrogen) atoms. The molecule has 3 aromatic carbocycles. The van der Waals surface area contributed by atoms with E-state index in [2.05, 4.69) is 51.5 Å². The van der Waals surface area contributed by atoms with Gasteiger partial charge in [0.2, 0.25) is 0 Å². The summed E-state index contributed by atoms with van der Waals surface area (Å²) in [6.07, 6.45) is 1.10. The van der Waals surface area contributed by atoms with Crippen molar-refractivity contribution in [3.8, 4) is 62.1 Å². The second-order valence-electron chi connectivity index (χ2n) is 28.8. The zero-order chi connectivity index (χ0) is 73.4. The number of pyridine rings is 3. The summed E-state index contributed by atoms with van der Waals surface area (Å²) < 4.78 is 31.9. The van der Waals surface area contributed by atoms with E-state index in [1.54, 1.807) is 30.3 Å². The number of ether oxygens (including phenoxy) is 5. The number of hydrogen-bond acceptors (Lipinski definition) is 18. The number of nitrogens with two attached hydrogens (primary N) is 1. The zero-order valence-corrected chi connectivity index (χ0v) is 60.9. The van der Waals surface area contributed by atoms with Crippen LogP contribution < -0.4 is 40.1 Å². The van der Waals surface area contributed by atoms with E-state index in [1.807, 2.05) is 100 Å². The second kappa shape index (κ2) is 34.8. The molecule has 7 rings (SSSR count). The number of carboxylic acid groups (broad SMARTS) is 3. The smallest absolute Gasteiger partial charge is 0.354 e. The predicted molar refractivity (Wildman–Crippen MR) is 381 cm³/mol. The Kier molecular flexibility index (Phi) is 27.2. The number of nitrogens with zero attached hydrogens (tertiary/aromatic N) is 9. The maximum atomic E-state index is 13.1. The minimum Gasteiger partial charge on any atom is -0.496 e. The summed E-state index contributed by atoms with van der Waals surface area (Å²) in [6, 6.07) is 20.2. The van der Waals surface area contributed by atoms with Crippen molar-refractivity contribution >= 4 is 35.5 Å². The summed E-state index contributed by atoms with van der Waals surface area (Å²) in [7, 11) is 21.5. The molecule has 7 N–H and O–H groups in total. The van der Waals surface area contributed by atoms with Gasteiger partial charge in [0.15, 0.2) is 19.0 Å². The third-order valence-corrected chi connectivity index (χ3v) is 17.1. The number of rotatable bonds is 34. The van der Waals surface area contributed by atoms with Crippen LogP contribution in [0.2, 0.25) is 0 Å². The van der Waals surface area contributed by atoms with Crippen molar-refractivity contribution in [2.75, 3.05) is 169 Å². The normalized spacial score (nSPS) is 14.3. The Hall–Kier alpha value is -9.15. The van der Waals surface area contributed by atoms with Gasteiger partial charge in [-0.2, -0.15) is 0 Å². The lowest BCUT2D eigenvalue weighted by atomic mass is 9.94. The monoisotopic (exact) mass is 1380 g/mol. The molecule has 26 nitrogen and oxygen atoms in total. The Morgan fingerprint density at radius 3 is 1.27 bits per heavy atom. The van der Waals surface area contributed by atoms with Gasteiger partial charge >= 0.3 is 17.9 Å². The third kappa shape index (κ3) is 23.5. The van der Waals surface area contributed by atoms with E-state index >= 15 is 0 Å². The van der Waals surface area contributed by atoms with E-state index in [1.165, 1.54) is 26.4 Å². The van der Waals surface area contributed by atoms with Gasteiger partial charge in [-0.15, -0.1) is 0 Å². The summed E-state index contributed by atoms with van der Waals surface area (Å²) in [4.78, 5) is 98.1. The summed E-state index contributed by atoms with van der Waals surface area (Å²) in [5.41, 5.74) is 14.1. The van der Waals surface area contributed by atoms with E-state index in [-0.39, 0.29) is 80.7 Å². The minimum absolute atomic E-state index is 0.0340. The molecular weight excluding hydrogens is 1280 g/mol. The van der Waals surface area contributed by atoms with Crippen molar-refractivity contribution in [2.45, 2.75) is 66.2 Å². The van der Waals surface area contributed by atoms with Crippen LogP contribution in [-0.4, -0.2) is 269 Å². The first-order valence-electron chi connectivity index (χ1n) is 33.5. The topological polar surface area (TPSA) is 308 Å². The maximum Gasteiger partial charge on any atom is 0.354 e. The molecule has 1 atom stereocenters. The second-order valence-corrected chi connectivity index (χ2v) is 28.8. The fourth-order valence-corrected chi connectivity index (χ4v) is 12.1. The lowest BCUT2D eigenvalue weighted by Crippen LogP contribution is -2.48. The van der Waals surface area contributed by atoms with Gasteiger partial charge < -0.3 is 68.8 Å². The van der Waals surface area contributed by atoms with Crippen molar-refractivity contribution in [1.29, 1.82) is 0 Å². The molecule has 1 aliphatic heterocycles. The number of aromatic nitrogens is 3. The molecule has 1 saturated heterocycles. The van der Waals surface area contributed by atoms with Gasteiger partial charge in [0.1, 0.15) is 52.4 Å². The molecule has 0 spiro atoms. The van der Waals surface area contributed by atoms with Gasteiger partial charge in [0, 0.05) is 101 Å². The zero-order valence-electron chi connectivity index (χ0n) is 60.9. The fraction of sp³-hybridized carbons (Fsp3) is 0.473. The van der Waals surface area contributed by atoms with Crippen LogP contribution in [0.1, 0.15) is 83.6 Å². The average molecular weight is 1380 g/mol. The van der Waals surface area contributed by atoms with Gasteiger partial charge in [-0.25, -0.2) is 29.3 Å². The van der Waals surface area contributed by atoms with Crippen molar-refractivity contribution in [3.63, 3.8) is 0 Å². The summed E-state index contributed by atoms with van der Waals surface area (Å²) >= 11 is 0. The number of nitrogens with one attached hydrogen (secondary N) is 2. The van der Waals surface area contributed by atoms with Gasteiger partial charge in [0.25, 0.3) is 11.8 Å². The number of carboxylic acids is 3. The van der Waals surface area contributed by atoms with Crippen LogP contribution >= 0.6 is 0 Å². The number of benzene rings is 3. The van der Waals surface area contributed by atoms with E-state index in [4.69, 9.17) is 39.4 Å². The lowest BCUT2D eigenvalue weighted by molar-refractivity contribution is -0.870. The highest BCUT2D eigenvalue weighted by Gasteiger charge is 2.29. The molecule has 6 aromatic rings. The standard InChI is InChI=1S/C74H100N12O14/c1-47-27-59(99-45-67(88)76-18-25-85(8,9)10)28-48(2)69(47)51-31-55(79-62(34-51)72(90)91)41-82-21-20-81(40-54-32-52(35-63(78-54)73(92)93)70-49(3)29-60(37-65(70)96-14)98-44-58(87)17-16-24-84(5,6)7)22-23-83(57(39-75)43-82)42-56-33-53(36-64(80-56)74(94)95)71-50(4)30-61(38-66(71)97-15)100-46-68(89)77-19-26-86(11,12)13/h27-38,57H,16-26,39-46,75H2,1-15H3,(H2-3,76,77,88,89,90,91,92,93,94,95)/p+3. The number of likely N-dealkylation sites (N-methyl/N-ethyl adjacent to an activating group) is 2. The molecule has 3 aromatic heterocycles. The van der Waals surface area contributed by atoms with Crippen LogP contribution in [0.3, 0.4) is 0 Å². The maximum absolute atomic E-state index is 13.1. The molecule has 1 fully saturated rings. The number of hydrogen-bond donors (Lipinski definition) is 6. The Balaban J connectivity index is 1.24. The number of amides is 2. The van der Waals surface area contributed by atoms with E-state index in [0.29, 0.717) is 146 Å². The highest BCUT2D eigenvalue weighted by atomic mass is 16.5. The Morgan fingerprint density at radius 1 is 0.490 bits per heavy atom. The number of carbonyl (C=O) groups is 6. The van der Waals surface area contributed by atoms with Crippen LogP contribution in [0.15, 0.2) is 72.8 Å². The number of aryl methyl sites for hydroxylation is 4. The molecule has 0 bridgehead atoms. The number of methoxy groups -OCH3 is 2. The Bertz CT molecular complexity index is 3890. The molecule has 0 aliphatic carbocycles. The van der Waals surface area contributed by atoms with E-state index in [0.717, 1.165) is 47.2 Å². The molecule has 1 aliphatic rings. The quantitative estimate of drug-likeness (QED) is 0.0245. The minimum atomic E-state index is -1.26. The van der Waals surface area contributed by atoms with Gasteiger partial charge in [-0.1, -0.05) is 0 Å². The first kappa shape index (κ1) is 78.2. The largest absolute Gasteiger partial charge is 0.496 e. The molecule has 0 saturated carbocycles. The van der Waals surface area contributed by atoms with Crippen molar-refractivity contribution in [1.82, 2.24) is 40.3 Å². The predicted octanol–water partition coefficient (Wildman–Crippen LogP) is 6.20. The number of aromatic carboxylic acids is 3. The number of Topliss-reactive ketones (excluding diaryl/α,β-unsaturated/α-hetero) is 1. The van der Waals surface area contributed by atoms with Gasteiger partial charge in [0.05, 0.1) is 127 Å². The Morgan fingerprint density at radius 2 is 0.860 bits per heavy atom. The van der Waals surface area contributed by atoms with Crippen molar-refractivity contribution < 1.29 is 81.2 Å². The molecule has 26 heteroatoms. The van der Waals surface area contributed by atoms with Crippen LogP contribution in [0, 0.1) is 27.7 Å². The molecule has 4 heterocycles. The van der Waals surface area contributed by atoms with Crippen molar-refractivity contribution in [2.24, 2.45) is 5.73 Å². The van der Waals surface area contributed by atoms with Crippen LogP contribution in [-0.2, 0) is 34.0 Å². The fourth-order valence-electron chi connectivity index (χ4n) is 12.1. The lowest BCUT2D eigenvalue weighted by Gasteiger charge is -2.34. The molecule has 2 amide bonds. The molecule has 1 unspecified atom stereocenters. The number of ketones is 1. The van der Waals surface area contributed by atoms with Crippen LogP contribution in [0.5, 0.6) is 28.7 Å². The van der Waals surface area contributed by atoms with E-state index in [9.17, 15) is 44.1 Å². The molecule has 0 radical (unpaired) electrons. The van der Waals surface area contributed by atoms with Crippen LogP contribution in [0.4, 0.5) is 0 Å². The molecule has 540 valence electrons. The summed E-state index contributed by atoms with van der Waals surface area (Å²) in [5, 5.41) is 37.7. The first-order valence-corrected chi connectivity index (χ1v) is 33.5. The summed E-state index contributed by atoms with van der Waals surface area (Å²) in [6.45, 7) is 12.6.